The molecule has 0 aliphatic rings. The monoisotopic (exact) mass is 345 g/mol. The van der Waals surface area contributed by atoms with Gasteiger partial charge in [0.05, 0.1) is 11.1 Å². The highest BCUT2D eigenvalue weighted by Crippen LogP contribution is 2.34. The standard InChI is InChI=1S/C16H25BrFNO/c1-12(2)16(3,11-19-8-9-20-4)10-13-6-5-7-14(18)15(13)17/h5-7,12,19H,8-11H2,1-4H3. The number of hydrogen-bond acceptors (Lipinski definition) is 2. The molecule has 0 fully saturated rings. The molecular weight excluding hydrogens is 321 g/mol. The van der Waals surface area contributed by atoms with Crippen LogP contribution in [0.3, 0.4) is 0 Å². The van der Waals surface area contributed by atoms with Crippen molar-refractivity contribution in [3.8, 4) is 0 Å². The number of nitrogens with one attached hydrogen (secondary N) is 1. The van der Waals surface area contributed by atoms with Crippen LogP contribution in [0.5, 0.6) is 0 Å². The first kappa shape index (κ1) is 17.6. The zero-order chi connectivity index (χ0) is 15.2. The summed E-state index contributed by atoms with van der Waals surface area (Å²) in [6.07, 6.45) is 0.836. The number of methoxy groups -OCH3 is 1. The number of rotatable bonds is 8. The summed E-state index contributed by atoms with van der Waals surface area (Å²) in [6.45, 7) is 9.10. The van der Waals surface area contributed by atoms with Crippen LogP contribution in [0, 0.1) is 17.2 Å². The van der Waals surface area contributed by atoms with E-state index in [2.05, 4.69) is 42.0 Å². The van der Waals surface area contributed by atoms with E-state index in [1.54, 1.807) is 13.2 Å². The van der Waals surface area contributed by atoms with Crippen molar-refractivity contribution in [2.24, 2.45) is 11.3 Å². The number of halogens is 2. The summed E-state index contributed by atoms with van der Waals surface area (Å²) < 4.78 is 19.3. The molecule has 20 heavy (non-hydrogen) atoms. The molecule has 0 aliphatic heterocycles. The van der Waals surface area contributed by atoms with Gasteiger partial charge in [-0.2, -0.15) is 0 Å². The SMILES string of the molecule is COCCNCC(C)(Cc1cccc(F)c1Br)C(C)C. The average Bonchev–Trinajstić information content (AvgIpc) is 2.40. The average molecular weight is 346 g/mol. The summed E-state index contributed by atoms with van der Waals surface area (Å²) in [6, 6.07) is 5.24. The number of hydrogen-bond donors (Lipinski definition) is 1. The molecule has 1 aromatic carbocycles. The Balaban J connectivity index is 2.77. The van der Waals surface area contributed by atoms with Crippen LogP contribution in [0.4, 0.5) is 4.39 Å². The molecule has 1 unspecified atom stereocenters. The van der Waals surface area contributed by atoms with Crippen LogP contribution in [0.2, 0.25) is 0 Å². The van der Waals surface area contributed by atoms with E-state index >= 15 is 0 Å². The fourth-order valence-corrected chi connectivity index (χ4v) is 2.54. The second-order valence-corrected chi connectivity index (χ2v) is 6.66. The van der Waals surface area contributed by atoms with Gasteiger partial charge in [-0.05, 0) is 45.3 Å². The minimum atomic E-state index is -0.194. The Morgan fingerprint density at radius 1 is 1.40 bits per heavy atom. The molecular formula is C16H25BrFNO. The second-order valence-electron chi connectivity index (χ2n) is 5.87. The minimum absolute atomic E-state index is 0.0735. The maximum absolute atomic E-state index is 13.6. The molecule has 1 aromatic rings. The van der Waals surface area contributed by atoms with E-state index in [9.17, 15) is 4.39 Å². The molecule has 0 aromatic heterocycles. The van der Waals surface area contributed by atoms with Crippen LogP contribution in [-0.2, 0) is 11.2 Å². The summed E-state index contributed by atoms with van der Waals surface area (Å²) in [5, 5.41) is 3.43. The first-order chi connectivity index (χ1) is 9.40. The molecule has 4 heteroatoms. The summed E-state index contributed by atoms with van der Waals surface area (Å²) in [5.74, 6) is 0.300. The molecule has 2 nitrogen and oxygen atoms in total. The predicted molar refractivity (Wildman–Crippen MR) is 85.5 cm³/mol. The molecule has 0 amide bonds. The smallest absolute Gasteiger partial charge is 0.137 e. The molecule has 1 N–H and O–H groups in total. The van der Waals surface area contributed by atoms with Gasteiger partial charge < -0.3 is 10.1 Å². The molecule has 1 rings (SSSR count). The molecule has 1 atom stereocenters. The number of benzene rings is 1. The quantitative estimate of drug-likeness (QED) is 0.718. The van der Waals surface area contributed by atoms with Crippen LogP contribution in [0.15, 0.2) is 22.7 Å². The zero-order valence-electron chi connectivity index (χ0n) is 12.8. The summed E-state index contributed by atoms with van der Waals surface area (Å²) in [5.41, 5.74) is 1.10. The molecule has 0 spiro atoms. The van der Waals surface area contributed by atoms with Crippen molar-refractivity contribution < 1.29 is 9.13 Å². The Bertz CT molecular complexity index is 425. The molecule has 0 radical (unpaired) electrons. The van der Waals surface area contributed by atoms with E-state index in [0.29, 0.717) is 17.0 Å². The van der Waals surface area contributed by atoms with Gasteiger partial charge in [-0.1, -0.05) is 32.9 Å². The summed E-state index contributed by atoms with van der Waals surface area (Å²) in [7, 11) is 1.70. The van der Waals surface area contributed by atoms with E-state index in [0.717, 1.165) is 25.1 Å². The Hall–Kier alpha value is -0.450. The Kier molecular flexibility index (Phi) is 7.13. The Labute approximate surface area is 130 Å². The van der Waals surface area contributed by atoms with Gasteiger partial charge in [-0.25, -0.2) is 4.39 Å². The first-order valence-electron chi connectivity index (χ1n) is 7.03. The van der Waals surface area contributed by atoms with E-state index in [4.69, 9.17) is 4.74 Å². The lowest BCUT2D eigenvalue weighted by molar-refractivity contribution is 0.175. The Morgan fingerprint density at radius 2 is 2.10 bits per heavy atom. The molecule has 0 heterocycles. The van der Waals surface area contributed by atoms with E-state index in [-0.39, 0.29) is 11.2 Å². The lowest BCUT2D eigenvalue weighted by atomic mass is 9.74. The van der Waals surface area contributed by atoms with E-state index < -0.39 is 0 Å². The van der Waals surface area contributed by atoms with Crippen LogP contribution in [0.1, 0.15) is 26.3 Å². The van der Waals surface area contributed by atoms with E-state index in [1.165, 1.54) is 6.07 Å². The highest BCUT2D eigenvalue weighted by molar-refractivity contribution is 9.10. The second kappa shape index (κ2) is 8.11. The fourth-order valence-electron chi connectivity index (χ4n) is 2.14. The van der Waals surface area contributed by atoms with Crippen molar-refractivity contribution in [2.45, 2.75) is 27.2 Å². The maximum atomic E-state index is 13.6. The third kappa shape index (κ3) is 4.83. The third-order valence-corrected chi connectivity index (χ3v) is 4.92. The van der Waals surface area contributed by atoms with Crippen LogP contribution < -0.4 is 5.32 Å². The van der Waals surface area contributed by atoms with Gasteiger partial charge in [0.15, 0.2) is 0 Å². The van der Waals surface area contributed by atoms with Gasteiger partial charge in [-0.3, -0.25) is 0 Å². The van der Waals surface area contributed by atoms with Gasteiger partial charge in [0.1, 0.15) is 5.82 Å². The molecule has 0 aliphatic carbocycles. The lowest BCUT2D eigenvalue weighted by Crippen LogP contribution is -2.39. The van der Waals surface area contributed by atoms with Crippen molar-refractivity contribution in [2.75, 3.05) is 26.8 Å². The van der Waals surface area contributed by atoms with Crippen LogP contribution in [-0.4, -0.2) is 26.8 Å². The van der Waals surface area contributed by atoms with E-state index in [1.807, 2.05) is 6.07 Å². The first-order valence-corrected chi connectivity index (χ1v) is 7.82. The molecule has 0 saturated carbocycles. The van der Waals surface area contributed by atoms with Gasteiger partial charge >= 0.3 is 0 Å². The van der Waals surface area contributed by atoms with Crippen LogP contribution in [0.25, 0.3) is 0 Å². The Morgan fingerprint density at radius 3 is 2.70 bits per heavy atom. The van der Waals surface area contributed by atoms with Gasteiger partial charge in [0.2, 0.25) is 0 Å². The summed E-state index contributed by atoms with van der Waals surface area (Å²) in [4.78, 5) is 0. The third-order valence-electron chi connectivity index (χ3n) is 4.03. The maximum Gasteiger partial charge on any atom is 0.137 e. The highest BCUT2D eigenvalue weighted by atomic mass is 79.9. The molecule has 0 bridgehead atoms. The number of ether oxygens (including phenoxy) is 1. The minimum Gasteiger partial charge on any atom is -0.383 e. The van der Waals surface area contributed by atoms with Gasteiger partial charge in [-0.15, -0.1) is 0 Å². The van der Waals surface area contributed by atoms with Crippen molar-refractivity contribution in [1.82, 2.24) is 5.32 Å². The highest BCUT2D eigenvalue weighted by Gasteiger charge is 2.29. The van der Waals surface area contributed by atoms with Crippen LogP contribution >= 0.6 is 15.9 Å². The topological polar surface area (TPSA) is 21.3 Å². The normalized spacial score (nSPS) is 14.6. The van der Waals surface area contributed by atoms with Crippen molar-refractivity contribution in [3.63, 3.8) is 0 Å². The van der Waals surface area contributed by atoms with Crippen molar-refractivity contribution >= 4 is 15.9 Å². The van der Waals surface area contributed by atoms with Gasteiger partial charge in [0.25, 0.3) is 0 Å². The predicted octanol–water partition coefficient (Wildman–Crippen LogP) is 4.03. The lowest BCUT2D eigenvalue weighted by Gasteiger charge is -2.35. The van der Waals surface area contributed by atoms with Crippen molar-refractivity contribution in [1.29, 1.82) is 0 Å². The zero-order valence-corrected chi connectivity index (χ0v) is 14.4. The van der Waals surface area contributed by atoms with Crippen molar-refractivity contribution in [3.05, 3.63) is 34.1 Å². The molecule has 0 saturated heterocycles. The largest absolute Gasteiger partial charge is 0.383 e. The summed E-state index contributed by atoms with van der Waals surface area (Å²) >= 11 is 3.36. The molecule has 114 valence electrons. The van der Waals surface area contributed by atoms with Gasteiger partial charge in [0, 0.05) is 20.2 Å². The fraction of sp³-hybridized carbons (Fsp3) is 0.625.